The molecule has 2 aliphatic heterocycles. The summed E-state index contributed by atoms with van der Waals surface area (Å²) in [5.74, 6) is -0.604. The van der Waals surface area contributed by atoms with Gasteiger partial charge in [-0.25, -0.2) is 0 Å². The number of esters is 1. The zero-order valence-corrected chi connectivity index (χ0v) is 25.6. The topological polar surface area (TPSA) is 85.3 Å². The summed E-state index contributed by atoms with van der Waals surface area (Å²) in [6, 6.07) is 9.08. The standard InChI is InChI=1S/C35H47NO6/c1-23(37)35(42-24(2)38)16-13-29-27-11-14-33(39)22-34(40-19-20-41-34)15-12-30(33)31(27)28(21-32(29,35)3)25-7-9-26(10-8-25)36-17-5-4-6-18-36/h7-10,27-29,39H,4-6,11-22H2,1-3H3/t27-,28?,29-,32-,33?,35-/m0/s1. The number of allylic oxidation sites excluding steroid dienone is 1. The van der Waals surface area contributed by atoms with Crippen molar-refractivity contribution in [3.05, 3.63) is 41.0 Å². The Balaban J connectivity index is 1.33. The lowest BCUT2D eigenvalue weighted by Gasteiger charge is -2.57. The van der Waals surface area contributed by atoms with Crippen LogP contribution in [0.4, 0.5) is 5.69 Å². The largest absolute Gasteiger partial charge is 0.451 e. The summed E-state index contributed by atoms with van der Waals surface area (Å²) in [4.78, 5) is 28.4. The number of anilines is 1. The maximum absolute atomic E-state index is 13.4. The van der Waals surface area contributed by atoms with Crippen molar-refractivity contribution in [1.29, 1.82) is 0 Å². The minimum Gasteiger partial charge on any atom is -0.451 e. The Hall–Kier alpha value is -2.22. The van der Waals surface area contributed by atoms with Crippen LogP contribution in [0.2, 0.25) is 0 Å². The van der Waals surface area contributed by atoms with E-state index in [0.29, 0.717) is 32.5 Å². The van der Waals surface area contributed by atoms with Crippen LogP contribution < -0.4 is 4.90 Å². The van der Waals surface area contributed by atoms with E-state index in [2.05, 4.69) is 36.1 Å². The molecule has 0 amide bonds. The van der Waals surface area contributed by atoms with E-state index in [9.17, 15) is 14.7 Å². The van der Waals surface area contributed by atoms with Crippen LogP contribution >= 0.6 is 0 Å². The summed E-state index contributed by atoms with van der Waals surface area (Å²) in [6.07, 6.45) is 9.42. The van der Waals surface area contributed by atoms with Gasteiger partial charge in [0.25, 0.3) is 0 Å². The van der Waals surface area contributed by atoms with E-state index < -0.39 is 22.4 Å². The summed E-state index contributed by atoms with van der Waals surface area (Å²) in [7, 11) is 0. The number of hydrogen-bond acceptors (Lipinski definition) is 7. The van der Waals surface area contributed by atoms with Crippen molar-refractivity contribution in [2.24, 2.45) is 17.3 Å². The number of fused-ring (bicyclic) bond motifs is 4. The quantitative estimate of drug-likeness (QED) is 0.356. The third-order valence-electron chi connectivity index (χ3n) is 12.3. The molecule has 7 nitrogen and oxygen atoms in total. The maximum Gasteiger partial charge on any atom is 0.303 e. The van der Waals surface area contributed by atoms with E-state index in [1.807, 2.05) is 0 Å². The van der Waals surface area contributed by atoms with Crippen LogP contribution in [0, 0.1) is 17.3 Å². The van der Waals surface area contributed by atoms with Gasteiger partial charge in [-0.1, -0.05) is 24.6 Å². The summed E-state index contributed by atoms with van der Waals surface area (Å²) in [5.41, 5.74) is 2.52. The van der Waals surface area contributed by atoms with Crippen molar-refractivity contribution in [2.75, 3.05) is 31.2 Å². The molecule has 1 aromatic rings. The van der Waals surface area contributed by atoms with Gasteiger partial charge in [0.2, 0.25) is 0 Å². The first-order valence-corrected chi connectivity index (χ1v) is 16.4. The summed E-state index contributed by atoms with van der Waals surface area (Å²) >= 11 is 0. The summed E-state index contributed by atoms with van der Waals surface area (Å²) in [6.45, 7) is 8.61. The minimum atomic E-state index is -1.11. The zero-order chi connectivity index (χ0) is 29.3. The van der Waals surface area contributed by atoms with E-state index in [-0.39, 0.29) is 29.5 Å². The van der Waals surface area contributed by atoms with Crippen molar-refractivity contribution < 1.29 is 28.9 Å². The molecule has 1 N–H and O–H groups in total. The molecular weight excluding hydrogens is 530 g/mol. The molecule has 228 valence electrons. The number of nitrogens with zero attached hydrogens (tertiary/aromatic N) is 1. The second kappa shape index (κ2) is 10.2. The predicted molar refractivity (Wildman–Crippen MR) is 159 cm³/mol. The second-order valence-electron chi connectivity index (χ2n) is 14.3. The van der Waals surface area contributed by atoms with Crippen LogP contribution in [-0.4, -0.2) is 60.2 Å². The third kappa shape index (κ3) is 4.24. The number of aliphatic hydroxyl groups is 1. The molecule has 1 spiro atoms. The first-order valence-electron chi connectivity index (χ1n) is 16.4. The molecule has 0 bridgehead atoms. The number of Topliss-reactive ketones (excluding diaryl/α,β-unsaturated/α-hetero) is 1. The first-order chi connectivity index (χ1) is 20.1. The number of piperidine rings is 1. The Morgan fingerprint density at radius 3 is 2.36 bits per heavy atom. The molecule has 4 aliphatic carbocycles. The fourth-order valence-electron chi connectivity index (χ4n) is 10.4. The molecule has 0 aromatic heterocycles. The number of carbonyl (C=O) groups is 2. The maximum atomic E-state index is 13.4. The highest BCUT2D eigenvalue weighted by atomic mass is 16.7. The Labute approximate surface area is 250 Å². The Bertz CT molecular complexity index is 1280. The number of benzene rings is 1. The monoisotopic (exact) mass is 577 g/mol. The molecule has 1 aromatic carbocycles. The van der Waals surface area contributed by atoms with Crippen LogP contribution in [0.3, 0.4) is 0 Å². The third-order valence-corrected chi connectivity index (χ3v) is 12.3. The highest BCUT2D eigenvalue weighted by Crippen LogP contribution is 2.69. The average Bonchev–Trinajstić information content (AvgIpc) is 3.54. The molecule has 2 saturated heterocycles. The van der Waals surface area contributed by atoms with Gasteiger partial charge in [0.15, 0.2) is 17.2 Å². The number of rotatable bonds is 4. The van der Waals surface area contributed by atoms with Crippen LogP contribution in [-0.2, 0) is 23.8 Å². The Morgan fingerprint density at radius 1 is 0.976 bits per heavy atom. The van der Waals surface area contributed by atoms with E-state index in [4.69, 9.17) is 14.2 Å². The minimum absolute atomic E-state index is 0.0412. The lowest BCUT2D eigenvalue weighted by Crippen LogP contribution is -2.58. The van der Waals surface area contributed by atoms with Crippen molar-refractivity contribution >= 4 is 17.4 Å². The molecule has 3 saturated carbocycles. The molecule has 6 aliphatic rings. The van der Waals surface area contributed by atoms with Crippen LogP contribution in [0.1, 0.15) is 103 Å². The number of ketones is 1. The molecule has 7 heteroatoms. The first kappa shape index (κ1) is 28.5. The van der Waals surface area contributed by atoms with Gasteiger partial charge in [0, 0.05) is 49.9 Å². The van der Waals surface area contributed by atoms with Gasteiger partial charge in [-0.05, 0) is 99.8 Å². The second-order valence-corrected chi connectivity index (χ2v) is 14.3. The fraction of sp³-hybridized carbons (Fsp3) is 0.714. The average molecular weight is 578 g/mol. The van der Waals surface area contributed by atoms with Crippen molar-refractivity contribution in [3.8, 4) is 0 Å². The number of hydrogen-bond donors (Lipinski definition) is 1. The van der Waals surface area contributed by atoms with Crippen LogP contribution in [0.5, 0.6) is 0 Å². The fourth-order valence-corrected chi connectivity index (χ4v) is 10.4. The van der Waals surface area contributed by atoms with Gasteiger partial charge in [-0.3, -0.25) is 9.59 Å². The van der Waals surface area contributed by atoms with Gasteiger partial charge in [0.1, 0.15) is 0 Å². The molecular formula is C35H47NO6. The van der Waals surface area contributed by atoms with Crippen molar-refractivity contribution in [3.63, 3.8) is 0 Å². The molecule has 0 radical (unpaired) electrons. The normalized spacial score (nSPS) is 39.0. The zero-order valence-electron chi connectivity index (χ0n) is 25.6. The van der Waals surface area contributed by atoms with Crippen molar-refractivity contribution in [1.82, 2.24) is 0 Å². The molecule has 6 atom stereocenters. The smallest absolute Gasteiger partial charge is 0.303 e. The molecule has 5 fully saturated rings. The van der Waals surface area contributed by atoms with Gasteiger partial charge in [-0.2, -0.15) is 0 Å². The summed E-state index contributed by atoms with van der Waals surface area (Å²) in [5, 5.41) is 12.3. The molecule has 42 heavy (non-hydrogen) atoms. The van der Waals surface area contributed by atoms with E-state index in [1.54, 1.807) is 6.92 Å². The lowest BCUT2D eigenvalue weighted by atomic mass is 9.49. The van der Waals surface area contributed by atoms with E-state index in [0.717, 1.165) is 45.2 Å². The van der Waals surface area contributed by atoms with E-state index >= 15 is 0 Å². The van der Waals surface area contributed by atoms with Crippen LogP contribution in [0.15, 0.2) is 35.4 Å². The number of carbonyl (C=O) groups excluding carboxylic acids is 2. The van der Waals surface area contributed by atoms with Gasteiger partial charge in [-0.15, -0.1) is 0 Å². The predicted octanol–water partition coefficient (Wildman–Crippen LogP) is 5.84. The Kier molecular flexibility index (Phi) is 6.91. The SMILES string of the molecule is CC(=O)O[C@]1(C(C)=O)CC[C@H]2[C@@H]3CCC4(O)CC5(CCC4=C3C(c3ccc(N4CCCCC4)cc3)C[C@@]21C)OCCO5. The van der Waals surface area contributed by atoms with Gasteiger partial charge in [0.05, 0.1) is 18.8 Å². The highest BCUT2D eigenvalue weighted by molar-refractivity contribution is 5.89. The molecule has 2 unspecified atom stereocenters. The van der Waals surface area contributed by atoms with Gasteiger partial charge >= 0.3 is 5.97 Å². The highest BCUT2D eigenvalue weighted by Gasteiger charge is 2.68. The van der Waals surface area contributed by atoms with E-state index in [1.165, 1.54) is 48.6 Å². The number of ether oxygens (including phenoxy) is 3. The Morgan fingerprint density at radius 2 is 1.69 bits per heavy atom. The van der Waals surface area contributed by atoms with Crippen LogP contribution in [0.25, 0.3) is 0 Å². The van der Waals surface area contributed by atoms with Crippen molar-refractivity contribution in [2.45, 2.75) is 114 Å². The molecule has 2 heterocycles. The lowest BCUT2D eigenvalue weighted by molar-refractivity contribution is -0.209. The molecule has 7 rings (SSSR count). The van der Waals surface area contributed by atoms with Gasteiger partial charge < -0.3 is 24.2 Å². The summed E-state index contributed by atoms with van der Waals surface area (Å²) < 4.78 is 18.3.